The average molecular weight is 1040 g/mol. The Morgan fingerprint density at radius 2 is 0.972 bits per heavy atom. The van der Waals surface area contributed by atoms with Gasteiger partial charge < -0.3 is 10.2 Å². The number of aliphatic hydroxyl groups excluding tert-OH is 2. The molecule has 0 saturated heterocycles. The van der Waals surface area contributed by atoms with Gasteiger partial charge in [0, 0.05) is 15.9 Å². The number of nitrogens with zero attached hydrogens (tertiary/aromatic N) is 9. The number of rotatable bonds is 10. The third-order valence-electron chi connectivity index (χ3n) is 11.4. The molecule has 15 nitrogen and oxygen atoms in total. The second-order valence-electron chi connectivity index (χ2n) is 16.0. The van der Waals surface area contributed by atoms with Crippen LogP contribution in [0.5, 0.6) is 0 Å². The van der Waals surface area contributed by atoms with Crippen molar-refractivity contribution in [1.82, 2.24) is 37.8 Å². The third kappa shape index (κ3) is 9.97. The monoisotopic (exact) mass is 1040 g/mol. The molecule has 0 spiro atoms. The number of hydrogen-bond acceptors (Lipinski definition) is 8. The molecule has 0 aliphatic heterocycles. The smallest absolute Gasteiger partial charge is 0.394 e. The summed E-state index contributed by atoms with van der Waals surface area (Å²) in [6.07, 6.45) is -6.34. The van der Waals surface area contributed by atoms with Gasteiger partial charge in [-0.2, -0.15) is 36.5 Å². The van der Waals surface area contributed by atoms with Crippen LogP contribution in [0.3, 0.4) is 0 Å². The van der Waals surface area contributed by atoms with Gasteiger partial charge in [0.1, 0.15) is 0 Å². The van der Waals surface area contributed by atoms with Gasteiger partial charge >= 0.3 is 23.7 Å². The molecule has 4 aromatic carbocycles. The molecule has 2 atom stereocenters. The van der Waals surface area contributed by atoms with Crippen LogP contribution in [0.2, 0.25) is 0 Å². The first-order valence-corrected chi connectivity index (χ1v) is 22.1. The first-order chi connectivity index (χ1) is 33.6. The minimum atomic E-state index is -4.64. The first kappa shape index (κ1) is 51.0. The third-order valence-corrected chi connectivity index (χ3v) is 11.9. The molecule has 8 aromatic rings. The van der Waals surface area contributed by atoms with Crippen LogP contribution in [0.15, 0.2) is 145 Å². The number of aliphatic hydroxyl groups is 2. The van der Waals surface area contributed by atoms with Gasteiger partial charge in [0.15, 0.2) is 5.69 Å². The summed E-state index contributed by atoms with van der Waals surface area (Å²) in [6.45, 7) is 11.9. The van der Waals surface area contributed by atoms with E-state index in [1.807, 2.05) is 0 Å². The zero-order valence-electron chi connectivity index (χ0n) is 37.8. The predicted molar refractivity (Wildman–Crippen MR) is 255 cm³/mol. The Labute approximate surface area is 406 Å². The van der Waals surface area contributed by atoms with E-state index in [-0.39, 0.29) is 39.6 Å². The van der Waals surface area contributed by atoms with Crippen LogP contribution in [-0.2, 0) is 12.4 Å². The van der Waals surface area contributed by atoms with Gasteiger partial charge in [-0.25, -0.2) is 23.8 Å². The van der Waals surface area contributed by atoms with Crippen molar-refractivity contribution in [1.29, 1.82) is 0 Å². The van der Waals surface area contributed by atoms with E-state index in [0.717, 1.165) is 47.0 Å². The largest absolute Gasteiger partial charge is 0.416 e. The standard InChI is InChI=1S/C25H20F3N5O3.C24H20BrF3N4O3/c1-15(14-34)31-23(35)22(21-11-12-30-33(21)19-9-7-18(29-3)8-10-19)16(2)32(24(31)36)20-6-4-5-17(13-20)25(26,27)28;1-14(13-33)30-22(34)21(20-10-11-29-32(20)18-8-6-17(25)7-9-18)15(2)31(23(30)35)19-5-3-4-16(12-19)24(26,27)28/h4-13,15,34H,14H2,1-2H3;3-12,14,33H,13H2,1-2H3/t15-;14-/m00/s1. The number of alkyl halides is 6. The highest BCUT2D eigenvalue weighted by Gasteiger charge is 2.33. The lowest BCUT2D eigenvalue weighted by Gasteiger charge is -2.21. The zero-order valence-corrected chi connectivity index (χ0v) is 39.4. The van der Waals surface area contributed by atoms with Gasteiger partial charge in [-0.05, 0) is 113 Å². The maximum Gasteiger partial charge on any atom is 0.416 e. The van der Waals surface area contributed by atoms with Crippen LogP contribution in [0.25, 0.3) is 50.1 Å². The highest BCUT2D eigenvalue weighted by atomic mass is 79.9. The van der Waals surface area contributed by atoms with Crippen LogP contribution in [0.1, 0.15) is 48.4 Å². The molecule has 22 heteroatoms. The number of benzene rings is 4. The van der Waals surface area contributed by atoms with E-state index in [1.165, 1.54) is 73.7 Å². The summed E-state index contributed by atoms with van der Waals surface area (Å²) < 4.78 is 87.9. The second kappa shape index (κ2) is 20.2. The van der Waals surface area contributed by atoms with Crippen molar-refractivity contribution < 1.29 is 36.6 Å². The molecular weight excluding hydrogens is 1000 g/mol. The van der Waals surface area contributed by atoms with Crippen LogP contribution >= 0.6 is 15.9 Å². The molecule has 0 fully saturated rings. The van der Waals surface area contributed by atoms with Gasteiger partial charge in [0.05, 0.1) is 101 Å². The number of hydrogen-bond donors (Lipinski definition) is 2. The Hall–Kier alpha value is -7.87. The lowest BCUT2D eigenvalue weighted by Crippen LogP contribution is -2.44. The van der Waals surface area contributed by atoms with Crippen molar-refractivity contribution in [3.05, 3.63) is 202 Å². The molecule has 8 rings (SSSR count). The molecule has 0 unspecified atom stereocenters. The average Bonchev–Trinajstić information content (AvgIpc) is 4.02. The number of aromatic nitrogens is 8. The second-order valence-corrected chi connectivity index (χ2v) is 16.9. The summed E-state index contributed by atoms with van der Waals surface area (Å²) in [7, 11) is 0. The maximum atomic E-state index is 13.6. The van der Waals surface area contributed by atoms with Gasteiger partial charge in [-0.1, -0.05) is 40.2 Å². The maximum absolute atomic E-state index is 13.6. The summed E-state index contributed by atoms with van der Waals surface area (Å²) in [5, 5.41) is 28.0. The van der Waals surface area contributed by atoms with Gasteiger partial charge in [-0.15, -0.1) is 0 Å². The van der Waals surface area contributed by atoms with Crippen molar-refractivity contribution in [2.45, 2.75) is 52.1 Å². The van der Waals surface area contributed by atoms with E-state index in [9.17, 15) is 55.7 Å². The molecule has 366 valence electrons. The van der Waals surface area contributed by atoms with Crippen LogP contribution < -0.4 is 22.5 Å². The summed E-state index contributed by atoms with van der Waals surface area (Å²) in [4.78, 5) is 57.3. The molecular formula is C49H40BrF6N9O6. The molecule has 0 aliphatic carbocycles. The predicted octanol–water partition coefficient (Wildman–Crippen LogP) is 8.78. The minimum absolute atomic E-state index is 0.0269. The molecule has 0 amide bonds. The lowest BCUT2D eigenvalue weighted by molar-refractivity contribution is -0.138. The van der Waals surface area contributed by atoms with E-state index >= 15 is 0 Å². The highest BCUT2D eigenvalue weighted by molar-refractivity contribution is 9.10. The van der Waals surface area contributed by atoms with Crippen LogP contribution in [0, 0.1) is 20.4 Å². The van der Waals surface area contributed by atoms with Crippen molar-refractivity contribution in [3.63, 3.8) is 0 Å². The SMILES string of the molecule is Cc1c(-c2ccnn2-c2ccc(Br)cc2)c(=O)n([C@@H](C)CO)c(=O)n1-c1cccc(C(F)(F)F)c1.[C-]#[N+]c1ccc(-n2nccc2-c2c(C)n(-c3cccc(C(F)(F)F)c3)c(=O)n([C@@H](C)CO)c2=O)cc1. The van der Waals surface area contributed by atoms with Gasteiger partial charge in [0.25, 0.3) is 11.1 Å². The van der Waals surface area contributed by atoms with Gasteiger partial charge in [-0.3, -0.25) is 27.9 Å². The topological polar surface area (TPSA) is 168 Å². The molecule has 0 saturated carbocycles. The zero-order chi connectivity index (χ0) is 51.7. The van der Waals surface area contributed by atoms with E-state index in [4.69, 9.17) is 6.57 Å². The lowest BCUT2D eigenvalue weighted by atomic mass is 10.1. The Bertz CT molecular complexity index is 3570. The van der Waals surface area contributed by atoms with Gasteiger partial charge in [0.2, 0.25) is 0 Å². The van der Waals surface area contributed by atoms with Crippen LogP contribution in [0.4, 0.5) is 32.0 Å². The van der Waals surface area contributed by atoms with Crippen LogP contribution in [-0.4, -0.2) is 61.3 Å². The summed E-state index contributed by atoms with van der Waals surface area (Å²) >= 11 is 3.37. The van der Waals surface area contributed by atoms with E-state index in [1.54, 1.807) is 60.7 Å². The molecule has 0 radical (unpaired) electrons. The summed E-state index contributed by atoms with van der Waals surface area (Å²) in [5.74, 6) is 0. The minimum Gasteiger partial charge on any atom is -0.394 e. The Balaban J connectivity index is 0.000000209. The molecule has 4 heterocycles. The summed E-state index contributed by atoms with van der Waals surface area (Å²) in [6, 6.07) is 23.4. The molecule has 0 aliphatic rings. The molecule has 71 heavy (non-hydrogen) atoms. The van der Waals surface area contributed by atoms with E-state index < -0.39 is 71.3 Å². The normalized spacial score (nSPS) is 12.5. The Morgan fingerprint density at radius 1 is 0.592 bits per heavy atom. The van der Waals surface area contributed by atoms with E-state index in [0.29, 0.717) is 22.8 Å². The fourth-order valence-corrected chi connectivity index (χ4v) is 8.14. The molecule has 2 N–H and O–H groups in total. The number of halogens is 7. The molecule has 4 aromatic heterocycles. The summed E-state index contributed by atoms with van der Waals surface area (Å²) in [5.41, 5.74) is -2.64. The highest BCUT2D eigenvalue weighted by Crippen LogP contribution is 2.33. The van der Waals surface area contributed by atoms with Crippen molar-refractivity contribution >= 4 is 21.6 Å². The quantitative estimate of drug-likeness (QED) is 0.101. The van der Waals surface area contributed by atoms with E-state index in [2.05, 4.69) is 31.0 Å². The van der Waals surface area contributed by atoms with Crippen molar-refractivity contribution in [2.75, 3.05) is 13.2 Å². The fraction of sp³-hybridized carbons (Fsp3) is 0.204. The Morgan fingerprint density at radius 3 is 1.32 bits per heavy atom. The molecule has 0 bridgehead atoms. The Kier molecular flexibility index (Phi) is 14.5. The van der Waals surface area contributed by atoms with Crippen molar-refractivity contribution in [2.24, 2.45) is 0 Å². The van der Waals surface area contributed by atoms with Crippen molar-refractivity contribution in [3.8, 4) is 45.3 Å². The first-order valence-electron chi connectivity index (χ1n) is 21.3. The fourth-order valence-electron chi connectivity index (χ4n) is 7.88.